The number of hydrogen-bond donors (Lipinski definition) is 0. The topological polar surface area (TPSA) is 53.1 Å². The van der Waals surface area contributed by atoms with Crippen molar-refractivity contribution in [2.75, 3.05) is 51.3 Å². The van der Waals surface area contributed by atoms with Crippen LogP contribution in [0.1, 0.15) is 64.2 Å². The number of para-hydroxylation sites is 2. The Morgan fingerprint density at radius 1 is 0.853 bits per heavy atom. The van der Waals surface area contributed by atoms with Crippen LogP contribution >= 0.6 is 12.4 Å². The molecule has 0 N–H and O–H groups in total. The third-order valence-electron chi connectivity index (χ3n) is 7.88. The van der Waals surface area contributed by atoms with E-state index in [4.69, 9.17) is 4.74 Å². The molecule has 1 aromatic carbocycles. The van der Waals surface area contributed by atoms with Crippen LogP contribution in [0.3, 0.4) is 0 Å². The van der Waals surface area contributed by atoms with Crippen molar-refractivity contribution >= 4 is 29.9 Å². The van der Waals surface area contributed by atoms with Gasteiger partial charge < -0.3 is 9.64 Å². The van der Waals surface area contributed by atoms with E-state index in [0.717, 1.165) is 95.5 Å². The van der Waals surface area contributed by atoms with Gasteiger partial charge in [0.25, 0.3) is 0 Å². The van der Waals surface area contributed by atoms with Crippen LogP contribution < -0.4 is 9.64 Å². The third kappa shape index (κ3) is 6.66. The summed E-state index contributed by atoms with van der Waals surface area (Å²) in [6.45, 7) is 5.03. The summed E-state index contributed by atoms with van der Waals surface area (Å²) in [5.74, 6) is 1.23. The van der Waals surface area contributed by atoms with Crippen LogP contribution in [0.5, 0.6) is 5.75 Å². The van der Waals surface area contributed by atoms with Crippen LogP contribution in [0.15, 0.2) is 24.3 Å². The fourth-order valence-corrected chi connectivity index (χ4v) is 5.81. The number of methoxy groups -OCH3 is 1. The van der Waals surface area contributed by atoms with E-state index in [0.29, 0.717) is 6.54 Å². The number of nitrogens with zero attached hydrogens (tertiary/aromatic N) is 3. The van der Waals surface area contributed by atoms with E-state index in [2.05, 4.69) is 21.9 Å². The summed E-state index contributed by atoms with van der Waals surface area (Å²) in [6.07, 6.45) is 10.7. The molecule has 2 saturated carbocycles. The van der Waals surface area contributed by atoms with E-state index in [1.807, 2.05) is 12.1 Å². The normalized spacial score (nSPS) is 20.4. The van der Waals surface area contributed by atoms with Gasteiger partial charge >= 0.3 is 0 Å². The van der Waals surface area contributed by atoms with Crippen molar-refractivity contribution in [2.24, 2.45) is 11.8 Å². The molecule has 2 aliphatic carbocycles. The standard InChI is InChI=1S/C27H41N3O3.ClH/c1-33-25-15-9-8-14-24(25)29-19-16-28(17-20-29)18-21-30(26(31)22-10-4-2-5-11-22)27(32)23-12-6-3-7-13-23;/h8-9,14-15,22-23H,2-7,10-13,16-21H2,1H3;1H. The van der Waals surface area contributed by atoms with Crippen molar-refractivity contribution in [2.45, 2.75) is 64.2 Å². The highest BCUT2D eigenvalue weighted by molar-refractivity contribution is 5.97. The summed E-state index contributed by atoms with van der Waals surface area (Å²) in [5, 5.41) is 0. The Labute approximate surface area is 211 Å². The molecule has 6 nitrogen and oxygen atoms in total. The molecule has 4 rings (SSSR count). The van der Waals surface area contributed by atoms with Gasteiger partial charge in [0.15, 0.2) is 0 Å². The first kappa shape index (κ1) is 26.8. The average Bonchev–Trinajstić information content (AvgIpc) is 2.90. The summed E-state index contributed by atoms with van der Waals surface area (Å²) >= 11 is 0. The first-order valence-electron chi connectivity index (χ1n) is 13.1. The molecular formula is C27H42ClN3O3. The average molecular weight is 492 g/mol. The molecule has 3 aliphatic rings. The molecule has 0 spiro atoms. The van der Waals surface area contributed by atoms with Gasteiger partial charge in [-0.2, -0.15) is 0 Å². The number of piperazine rings is 1. The van der Waals surface area contributed by atoms with Crippen molar-refractivity contribution in [3.05, 3.63) is 24.3 Å². The molecule has 3 fully saturated rings. The number of amides is 2. The summed E-state index contributed by atoms with van der Waals surface area (Å²) in [7, 11) is 1.72. The predicted octanol–water partition coefficient (Wildman–Crippen LogP) is 4.75. The zero-order valence-corrected chi connectivity index (χ0v) is 21.6. The van der Waals surface area contributed by atoms with Gasteiger partial charge in [0, 0.05) is 51.1 Å². The lowest BCUT2D eigenvalue weighted by Crippen LogP contribution is -2.51. The first-order valence-corrected chi connectivity index (χ1v) is 13.1. The molecule has 0 aromatic heterocycles. The van der Waals surface area contributed by atoms with Crippen LogP contribution in [0.25, 0.3) is 0 Å². The van der Waals surface area contributed by atoms with E-state index < -0.39 is 0 Å². The lowest BCUT2D eigenvalue weighted by molar-refractivity contribution is -0.151. The maximum absolute atomic E-state index is 13.4. The number of anilines is 1. The van der Waals surface area contributed by atoms with Crippen molar-refractivity contribution in [1.82, 2.24) is 9.80 Å². The zero-order valence-electron chi connectivity index (χ0n) is 20.8. The highest BCUT2D eigenvalue weighted by Crippen LogP contribution is 2.30. The Morgan fingerprint density at radius 2 is 1.38 bits per heavy atom. The smallest absolute Gasteiger partial charge is 0.232 e. The lowest BCUT2D eigenvalue weighted by atomic mass is 9.86. The van der Waals surface area contributed by atoms with E-state index >= 15 is 0 Å². The van der Waals surface area contributed by atoms with Crippen molar-refractivity contribution in [3.63, 3.8) is 0 Å². The molecule has 34 heavy (non-hydrogen) atoms. The predicted molar refractivity (Wildman–Crippen MR) is 139 cm³/mol. The number of rotatable bonds is 7. The number of carbonyl (C=O) groups is 2. The molecule has 7 heteroatoms. The van der Waals surface area contributed by atoms with Crippen molar-refractivity contribution < 1.29 is 14.3 Å². The molecule has 0 radical (unpaired) electrons. The van der Waals surface area contributed by atoms with E-state index in [1.54, 1.807) is 12.0 Å². The molecule has 0 unspecified atom stereocenters. The zero-order chi connectivity index (χ0) is 23.0. The Kier molecular flexibility index (Phi) is 10.5. The van der Waals surface area contributed by atoms with Gasteiger partial charge in [-0.3, -0.25) is 19.4 Å². The summed E-state index contributed by atoms with van der Waals surface area (Å²) in [6, 6.07) is 8.17. The molecule has 190 valence electrons. The Morgan fingerprint density at radius 3 is 1.91 bits per heavy atom. The second-order valence-electron chi connectivity index (χ2n) is 10.00. The summed E-state index contributed by atoms with van der Waals surface area (Å²) in [4.78, 5) is 33.3. The molecule has 2 amide bonds. The SMILES string of the molecule is COc1ccccc1N1CCN(CCN(C(=O)C2CCCCC2)C(=O)C2CCCCC2)CC1.Cl. The molecule has 1 aliphatic heterocycles. The lowest BCUT2D eigenvalue weighted by Gasteiger charge is -2.38. The Hall–Kier alpha value is -1.79. The summed E-state index contributed by atoms with van der Waals surface area (Å²) < 4.78 is 5.54. The maximum atomic E-state index is 13.4. The van der Waals surface area contributed by atoms with Gasteiger partial charge in [-0.15, -0.1) is 12.4 Å². The first-order chi connectivity index (χ1) is 16.2. The molecule has 0 bridgehead atoms. The maximum Gasteiger partial charge on any atom is 0.232 e. The number of ether oxygens (including phenoxy) is 1. The van der Waals surface area contributed by atoms with E-state index in [-0.39, 0.29) is 36.1 Å². The van der Waals surface area contributed by atoms with Crippen molar-refractivity contribution in [1.29, 1.82) is 0 Å². The summed E-state index contributed by atoms with van der Waals surface area (Å²) in [5.41, 5.74) is 1.14. The van der Waals surface area contributed by atoms with Gasteiger partial charge in [0.05, 0.1) is 12.8 Å². The van der Waals surface area contributed by atoms with Gasteiger partial charge in [-0.25, -0.2) is 0 Å². The molecule has 1 aromatic rings. The number of benzene rings is 1. The minimum Gasteiger partial charge on any atom is -0.495 e. The fraction of sp³-hybridized carbons (Fsp3) is 0.704. The van der Waals surface area contributed by atoms with Gasteiger partial charge in [0.1, 0.15) is 5.75 Å². The van der Waals surface area contributed by atoms with Crippen LogP contribution in [0.2, 0.25) is 0 Å². The molecule has 0 atom stereocenters. The van der Waals surface area contributed by atoms with Gasteiger partial charge in [-0.1, -0.05) is 50.7 Å². The van der Waals surface area contributed by atoms with Crippen LogP contribution in [-0.4, -0.2) is 68.0 Å². The molecular weight excluding hydrogens is 450 g/mol. The monoisotopic (exact) mass is 491 g/mol. The van der Waals surface area contributed by atoms with Crippen LogP contribution in [-0.2, 0) is 9.59 Å². The van der Waals surface area contributed by atoms with Crippen LogP contribution in [0.4, 0.5) is 5.69 Å². The van der Waals surface area contributed by atoms with Gasteiger partial charge in [-0.05, 0) is 37.8 Å². The molecule has 1 saturated heterocycles. The molecule has 1 heterocycles. The highest BCUT2D eigenvalue weighted by Gasteiger charge is 2.34. The van der Waals surface area contributed by atoms with E-state index in [1.165, 1.54) is 12.8 Å². The second-order valence-corrected chi connectivity index (χ2v) is 10.00. The number of hydrogen-bond acceptors (Lipinski definition) is 5. The Balaban J connectivity index is 0.00000324. The van der Waals surface area contributed by atoms with Crippen LogP contribution in [0, 0.1) is 11.8 Å². The fourth-order valence-electron chi connectivity index (χ4n) is 5.81. The van der Waals surface area contributed by atoms with E-state index in [9.17, 15) is 9.59 Å². The third-order valence-corrected chi connectivity index (χ3v) is 7.88. The Bertz CT molecular complexity index is 755. The number of halogens is 1. The quantitative estimate of drug-likeness (QED) is 0.515. The second kappa shape index (κ2) is 13.3. The number of imide groups is 1. The minimum absolute atomic E-state index is 0. The minimum atomic E-state index is 0. The highest BCUT2D eigenvalue weighted by atomic mass is 35.5. The largest absolute Gasteiger partial charge is 0.495 e. The van der Waals surface area contributed by atoms with Gasteiger partial charge in [0.2, 0.25) is 11.8 Å². The van der Waals surface area contributed by atoms with Crippen molar-refractivity contribution in [3.8, 4) is 5.75 Å². The number of carbonyl (C=O) groups excluding carboxylic acids is 2.